The Hall–Kier alpha value is -0.120. The van der Waals surface area contributed by atoms with Crippen molar-refractivity contribution in [1.29, 1.82) is 0 Å². The lowest BCUT2D eigenvalue weighted by atomic mass is 10.4. The van der Waals surface area contributed by atoms with E-state index in [4.69, 9.17) is 4.84 Å². The van der Waals surface area contributed by atoms with Gasteiger partial charge < -0.3 is 9.74 Å². The first-order valence-electron chi connectivity index (χ1n) is 3.91. The van der Waals surface area contributed by atoms with E-state index < -0.39 is 0 Å². The van der Waals surface area contributed by atoms with E-state index in [9.17, 15) is 0 Å². The number of hydroxylamine groups is 1. The minimum Gasteiger partial charge on any atom is -0.305 e. The SMILES string of the molecule is CONCCN1CCCC1. The predicted molar refractivity (Wildman–Crippen MR) is 40.7 cm³/mol. The zero-order chi connectivity index (χ0) is 7.23. The van der Waals surface area contributed by atoms with Gasteiger partial charge in [-0.1, -0.05) is 0 Å². The van der Waals surface area contributed by atoms with Crippen LogP contribution in [0.25, 0.3) is 0 Å². The van der Waals surface area contributed by atoms with E-state index in [0.717, 1.165) is 13.1 Å². The third-order valence-electron chi connectivity index (χ3n) is 1.87. The standard InChI is InChI=1S/C7H16N2O/c1-10-8-4-7-9-5-2-3-6-9/h8H,2-7H2,1H3. The zero-order valence-electron chi connectivity index (χ0n) is 6.60. The molecule has 0 bridgehead atoms. The molecule has 1 N–H and O–H groups in total. The first-order valence-corrected chi connectivity index (χ1v) is 3.91. The van der Waals surface area contributed by atoms with E-state index in [2.05, 4.69) is 10.4 Å². The van der Waals surface area contributed by atoms with Gasteiger partial charge in [-0.3, -0.25) is 0 Å². The van der Waals surface area contributed by atoms with Crippen molar-refractivity contribution in [1.82, 2.24) is 10.4 Å². The number of nitrogens with one attached hydrogen (secondary N) is 1. The molecule has 0 atom stereocenters. The van der Waals surface area contributed by atoms with Crippen LogP contribution in [0.2, 0.25) is 0 Å². The molecule has 3 nitrogen and oxygen atoms in total. The summed E-state index contributed by atoms with van der Waals surface area (Å²) >= 11 is 0. The van der Waals surface area contributed by atoms with E-state index in [1.165, 1.54) is 25.9 Å². The lowest BCUT2D eigenvalue weighted by Gasteiger charge is -2.13. The van der Waals surface area contributed by atoms with E-state index in [0.29, 0.717) is 0 Å². The van der Waals surface area contributed by atoms with Gasteiger partial charge in [-0.25, -0.2) is 5.48 Å². The number of rotatable bonds is 4. The monoisotopic (exact) mass is 144 g/mol. The molecular formula is C7H16N2O. The molecule has 0 aromatic rings. The number of hydrogen-bond acceptors (Lipinski definition) is 3. The first kappa shape index (κ1) is 7.98. The normalized spacial score (nSPS) is 20.1. The molecule has 0 aromatic carbocycles. The van der Waals surface area contributed by atoms with Gasteiger partial charge in [0, 0.05) is 13.1 Å². The smallest absolute Gasteiger partial charge is 0.0572 e. The topological polar surface area (TPSA) is 24.5 Å². The van der Waals surface area contributed by atoms with Crippen LogP contribution in [-0.2, 0) is 4.84 Å². The van der Waals surface area contributed by atoms with Crippen molar-refractivity contribution >= 4 is 0 Å². The third kappa shape index (κ3) is 2.64. The molecule has 0 spiro atoms. The molecule has 0 unspecified atom stereocenters. The molecule has 60 valence electrons. The van der Waals surface area contributed by atoms with Crippen LogP contribution in [0.15, 0.2) is 0 Å². The van der Waals surface area contributed by atoms with Crippen molar-refractivity contribution in [3.8, 4) is 0 Å². The van der Waals surface area contributed by atoms with Gasteiger partial charge in [0.1, 0.15) is 0 Å². The Morgan fingerprint density at radius 3 is 2.70 bits per heavy atom. The zero-order valence-corrected chi connectivity index (χ0v) is 6.60. The molecular weight excluding hydrogens is 128 g/mol. The van der Waals surface area contributed by atoms with Gasteiger partial charge in [0.25, 0.3) is 0 Å². The van der Waals surface area contributed by atoms with Crippen molar-refractivity contribution in [3.05, 3.63) is 0 Å². The maximum Gasteiger partial charge on any atom is 0.0572 e. The van der Waals surface area contributed by atoms with Crippen LogP contribution in [0.3, 0.4) is 0 Å². The average molecular weight is 144 g/mol. The van der Waals surface area contributed by atoms with Gasteiger partial charge in [0.05, 0.1) is 7.11 Å². The predicted octanol–water partition coefficient (Wildman–Crippen LogP) is 0.233. The number of likely N-dealkylation sites (tertiary alicyclic amines) is 1. The Bertz CT molecular complexity index is 81.7. The Kier molecular flexibility index (Phi) is 3.72. The summed E-state index contributed by atoms with van der Waals surface area (Å²) < 4.78 is 0. The van der Waals surface area contributed by atoms with Crippen LogP contribution >= 0.6 is 0 Å². The minimum atomic E-state index is 0.941. The molecule has 0 amide bonds. The Morgan fingerprint density at radius 1 is 1.40 bits per heavy atom. The highest BCUT2D eigenvalue weighted by Crippen LogP contribution is 2.05. The maximum absolute atomic E-state index is 4.72. The van der Waals surface area contributed by atoms with Gasteiger partial charge in [0.15, 0.2) is 0 Å². The van der Waals surface area contributed by atoms with Gasteiger partial charge in [-0.05, 0) is 25.9 Å². The highest BCUT2D eigenvalue weighted by molar-refractivity contribution is 4.65. The van der Waals surface area contributed by atoms with Crippen LogP contribution in [0.4, 0.5) is 0 Å². The van der Waals surface area contributed by atoms with Crippen molar-refractivity contribution < 1.29 is 4.84 Å². The molecule has 1 fully saturated rings. The molecule has 0 aromatic heterocycles. The molecule has 1 rings (SSSR count). The highest BCUT2D eigenvalue weighted by atomic mass is 16.6. The Balaban J connectivity index is 1.91. The summed E-state index contributed by atoms with van der Waals surface area (Å²) in [6.07, 6.45) is 2.74. The first-order chi connectivity index (χ1) is 4.93. The Labute approximate surface area is 62.3 Å². The summed E-state index contributed by atoms with van der Waals surface area (Å²) in [6, 6.07) is 0. The van der Waals surface area contributed by atoms with Crippen molar-refractivity contribution in [2.24, 2.45) is 0 Å². The summed E-state index contributed by atoms with van der Waals surface area (Å²) in [5.41, 5.74) is 2.83. The summed E-state index contributed by atoms with van der Waals surface area (Å²) in [4.78, 5) is 7.18. The molecule has 1 heterocycles. The summed E-state index contributed by atoms with van der Waals surface area (Å²) in [5, 5.41) is 0. The lowest BCUT2D eigenvalue weighted by molar-refractivity contribution is 0.0847. The average Bonchev–Trinajstić information content (AvgIpc) is 2.41. The van der Waals surface area contributed by atoms with Gasteiger partial charge in [-0.15, -0.1) is 0 Å². The highest BCUT2D eigenvalue weighted by Gasteiger charge is 2.09. The van der Waals surface area contributed by atoms with Gasteiger partial charge in [-0.2, -0.15) is 0 Å². The van der Waals surface area contributed by atoms with Crippen LogP contribution in [0, 0.1) is 0 Å². The fraction of sp³-hybridized carbons (Fsp3) is 1.00. The van der Waals surface area contributed by atoms with E-state index in [-0.39, 0.29) is 0 Å². The molecule has 0 radical (unpaired) electrons. The van der Waals surface area contributed by atoms with E-state index in [1.807, 2.05) is 0 Å². The molecule has 0 aliphatic carbocycles. The van der Waals surface area contributed by atoms with Crippen molar-refractivity contribution in [2.45, 2.75) is 12.8 Å². The quantitative estimate of drug-likeness (QED) is 0.451. The summed E-state index contributed by atoms with van der Waals surface area (Å²) in [5.74, 6) is 0. The van der Waals surface area contributed by atoms with Crippen molar-refractivity contribution in [2.75, 3.05) is 33.3 Å². The minimum absolute atomic E-state index is 0.941. The van der Waals surface area contributed by atoms with E-state index in [1.54, 1.807) is 7.11 Å². The largest absolute Gasteiger partial charge is 0.305 e. The second-order valence-corrected chi connectivity index (χ2v) is 2.65. The van der Waals surface area contributed by atoms with Gasteiger partial charge in [0.2, 0.25) is 0 Å². The second kappa shape index (κ2) is 4.66. The van der Waals surface area contributed by atoms with Crippen molar-refractivity contribution in [3.63, 3.8) is 0 Å². The van der Waals surface area contributed by atoms with E-state index >= 15 is 0 Å². The summed E-state index contributed by atoms with van der Waals surface area (Å²) in [6.45, 7) is 4.60. The molecule has 3 heteroatoms. The third-order valence-corrected chi connectivity index (χ3v) is 1.87. The molecule has 10 heavy (non-hydrogen) atoms. The summed E-state index contributed by atoms with van der Waals surface area (Å²) in [7, 11) is 1.66. The molecule has 1 aliphatic heterocycles. The molecule has 1 saturated heterocycles. The number of nitrogens with zero attached hydrogens (tertiary/aromatic N) is 1. The van der Waals surface area contributed by atoms with Gasteiger partial charge >= 0.3 is 0 Å². The number of hydrogen-bond donors (Lipinski definition) is 1. The van der Waals surface area contributed by atoms with Crippen LogP contribution < -0.4 is 5.48 Å². The Morgan fingerprint density at radius 2 is 2.10 bits per heavy atom. The lowest BCUT2D eigenvalue weighted by Crippen LogP contribution is -2.29. The maximum atomic E-state index is 4.72. The van der Waals surface area contributed by atoms with Crippen LogP contribution in [0.5, 0.6) is 0 Å². The van der Waals surface area contributed by atoms with Crippen LogP contribution in [-0.4, -0.2) is 38.2 Å². The fourth-order valence-electron chi connectivity index (χ4n) is 1.31. The molecule has 1 aliphatic rings. The van der Waals surface area contributed by atoms with Crippen LogP contribution in [0.1, 0.15) is 12.8 Å². The fourth-order valence-corrected chi connectivity index (χ4v) is 1.31. The second-order valence-electron chi connectivity index (χ2n) is 2.65. The molecule has 0 saturated carbocycles.